The maximum absolute atomic E-state index is 12.4. The maximum Gasteiger partial charge on any atom is 0.509 e. The van der Waals surface area contributed by atoms with E-state index in [-0.39, 0.29) is 26.2 Å². The molecule has 8 heteroatoms. The fourth-order valence-electron chi connectivity index (χ4n) is 3.04. The van der Waals surface area contributed by atoms with E-state index in [1.165, 1.54) is 0 Å². The number of ether oxygens (including phenoxy) is 4. The number of esters is 2. The molecule has 180 valence electrons. The topological polar surface area (TPSA) is 88.1 Å². The van der Waals surface area contributed by atoms with E-state index in [1.54, 1.807) is 57.2 Å². The van der Waals surface area contributed by atoms with Crippen molar-refractivity contribution in [3.63, 3.8) is 0 Å². The zero-order chi connectivity index (χ0) is 24.9. The van der Waals surface area contributed by atoms with E-state index in [9.17, 15) is 14.4 Å². The minimum absolute atomic E-state index is 0.0565. The Balaban J connectivity index is 2.40. The molecule has 1 atom stereocenters. The standard InChI is InChI=1S/C26H27BrO7/c1-4-31-24(28)21(25(29)32-5-2)17-19-12-8-7-11-18(19)15-16-23(34-26(30)33-6-3)20-13-9-10-14-22(20)27/h7-14,21,23H,4-6,17H2,1-3H3. The van der Waals surface area contributed by atoms with Crippen LogP contribution < -0.4 is 0 Å². The average Bonchev–Trinajstić information content (AvgIpc) is 2.81. The number of halogens is 1. The molecule has 0 saturated carbocycles. The lowest BCUT2D eigenvalue weighted by Crippen LogP contribution is -2.30. The third-order valence-corrected chi connectivity index (χ3v) is 5.31. The van der Waals surface area contributed by atoms with Crippen molar-refractivity contribution < 1.29 is 33.3 Å². The highest BCUT2D eigenvalue weighted by atomic mass is 79.9. The molecule has 2 aromatic carbocycles. The van der Waals surface area contributed by atoms with Crippen LogP contribution in [0.4, 0.5) is 4.79 Å². The van der Waals surface area contributed by atoms with Gasteiger partial charge in [-0.2, -0.15) is 0 Å². The molecule has 0 aromatic heterocycles. The molecular weight excluding hydrogens is 504 g/mol. The molecule has 0 radical (unpaired) electrons. The van der Waals surface area contributed by atoms with E-state index in [0.29, 0.717) is 16.7 Å². The van der Waals surface area contributed by atoms with Crippen LogP contribution >= 0.6 is 15.9 Å². The van der Waals surface area contributed by atoms with Crippen molar-refractivity contribution in [2.24, 2.45) is 5.92 Å². The largest absolute Gasteiger partial charge is 0.509 e. The summed E-state index contributed by atoms with van der Waals surface area (Å²) in [5, 5.41) is 0. The Bertz CT molecular complexity index is 1040. The number of hydrogen-bond donors (Lipinski definition) is 0. The third-order valence-electron chi connectivity index (χ3n) is 4.59. The summed E-state index contributed by atoms with van der Waals surface area (Å²) in [7, 11) is 0. The van der Waals surface area contributed by atoms with Gasteiger partial charge in [0.05, 0.1) is 19.8 Å². The van der Waals surface area contributed by atoms with Crippen LogP contribution in [0.15, 0.2) is 53.0 Å². The van der Waals surface area contributed by atoms with Gasteiger partial charge in [-0.1, -0.05) is 58.2 Å². The zero-order valence-corrected chi connectivity index (χ0v) is 20.9. The molecule has 0 fully saturated rings. The molecule has 2 rings (SSSR count). The van der Waals surface area contributed by atoms with E-state index in [4.69, 9.17) is 18.9 Å². The molecule has 7 nitrogen and oxygen atoms in total. The first-order valence-corrected chi connectivity index (χ1v) is 11.7. The van der Waals surface area contributed by atoms with Crippen molar-refractivity contribution in [1.29, 1.82) is 0 Å². The third kappa shape index (κ3) is 7.92. The second kappa shape index (κ2) is 14.1. The van der Waals surface area contributed by atoms with Crippen LogP contribution in [0.25, 0.3) is 0 Å². The summed E-state index contributed by atoms with van der Waals surface area (Å²) >= 11 is 3.46. The quantitative estimate of drug-likeness (QED) is 0.195. The number of rotatable bonds is 9. The Labute approximate surface area is 207 Å². The van der Waals surface area contributed by atoms with Gasteiger partial charge < -0.3 is 18.9 Å². The summed E-state index contributed by atoms with van der Waals surface area (Å²) < 4.78 is 21.2. The van der Waals surface area contributed by atoms with E-state index in [1.807, 2.05) is 12.1 Å². The minimum atomic E-state index is -1.11. The van der Waals surface area contributed by atoms with Crippen LogP contribution in [-0.2, 0) is 35.0 Å². The van der Waals surface area contributed by atoms with Crippen LogP contribution in [0.5, 0.6) is 0 Å². The predicted octanol–water partition coefficient (Wildman–Crippen LogP) is 5.00. The maximum atomic E-state index is 12.4. The lowest BCUT2D eigenvalue weighted by Gasteiger charge is -2.16. The molecule has 1 unspecified atom stereocenters. The molecule has 0 N–H and O–H groups in total. The molecule has 34 heavy (non-hydrogen) atoms. The van der Waals surface area contributed by atoms with E-state index >= 15 is 0 Å². The highest BCUT2D eigenvalue weighted by Gasteiger charge is 2.30. The van der Waals surface area contributed by atoms with Gasteiger partial charge in [0.25, 0.3) is 0 Å². The average molecular weight is 531 g/mol. The normalized spacial score (nSPS) is 11.1. The predicted molar refractivity (Wildman–Crippen MR) is 129 cm³/mol. The van der Waals surface area contributed by atoms with E-state index in [0.717, 1.165) is 4.47 Å². The number of carbonyl (C=O) groups excluding carboxylic acids is 3. The van der Waals surface area contributed by atoms with Crippen LogP contribution in [0.2, 0.25) is 0 Å². The molecular formula is C26H27BrO7. The Morgan fingerprint density at radius 3 is 2.06 bits per heavy atom. The van der Waals surface area contributed by atoms with Crippen LogP contribution in [0.3, 0.4) is 0 Å². The first-order valence-electron chi connectivity index (χ1n) is 10.9. The van der Waals surface area contributed by atoms with Crippen molar-refractivity contribution in [3.05, 3.63) is 69.7 Å². The number of benzene rings is 2. The number of carbonyl (C=O) groups is 3. The molecule has 0 aliphatic heterocycles. The molecule has 0 saturated heterocycles. The van der Waals surface area contributed by atoms with Gasteiger partial charge >= 0.3 is 18.1 Å². The molecule has 0 aliphatic carbocycles. The molecule has 0 amide bonds. The van der Waals surface area contributed by atoms with Crippen LogP contribution in [0.1, 0.15) is 43.6 Å². The summed E-state index contributed by atoms with van der Waals surface area (Å²) in [6, 6.07) is 14.3. The highest BCUT2D eigenvalue weighted by molar-refractivity contribution is 9.10. The zero-order valence-electron chi connectivity index (χ0n) is 19.3. The Morgan fingerprint density at radius 2 is 1.44 bits per heavy atom. The second-order valence-corrected chi connectivity index (χ2v) is 7.74. The van der Waals surface area contributed by atoms with Gasteiger partial charge in [0.1, 0.15) is 0 Å². The second-order valence-electron chi connectivity index (χ2n) is 6.89. The first kappa shape index (κ1) is 26.9. The molecule has 0 aliphatic rings. The summed E-state index contributed by atoms with van der Waals surface area (Å²) in [5.74, 6) is 3.58. The lowest BCUT2D eigenvalue weighted by atomic mass is 9.95. The van der Waals surface area contributed by atoms with Crippen LogP contribution in [0, 0.1) is 17.8 Å². The van der Waals surface area contributed by atoms with Gasteiger partial charge in [-0.05, 0) is 50.8 Å². The Hall–Kier alpha value is -3.31. The highest BCUT2D eigenvalue weighted by Crippen LogP contribution is 2.26. The Kier molecular flexibility index (Phi) is 11.1. The van der Waals surface area contributed by atoms with Gasteiger partial charge in [0, 0.05) is 15.6 Å². The van der Waals surface area contributed by atoms with E-state index in [2.05, 4.69) is 27.8 Å². The van der Waals surface area contributed by atoms with Gasteiger partial charge in [-0.3, -0.25) is 9.59 Å². The summed E-state index contributed by atoms with van der Waals surface area (Å²) in [6.45, 7) is 5.49. The molecule has 0 heterocycles. The van der Waals surface area contributed by atoms with Crippen molar-refractivity contribution in [2.75, 3.05) is 19.8 Å². The van der Waals surface area contributed by atoms with Crippen molar-refractivity contribution in [1.82, 2.24) is 0 Å². The molecule has 0 spiro atoms. The fourth-order valence-corrected chi connectivity index (χ4v) is 3.53. The van der Waals surface area contributed by atoms with Crippen LogP contribution in [-0.4, -0.2) is 37.9 Å². The van der Waals surface area contributed by atoms with Crippen molar-refractivity contribution in [3.8, 4) is 11.8 Å². The summed E-state index contributed by atoms with van der Waals surface area (Å²) in [6.07, 6.45) is -1.69. The smallest absolute Gasteiger partial charge is 0.465 e. The SMILES string of the molecule is CCOC(=O)OC(C#Cc1ccccc1CC(C(=O)OCC)C(=O)OCC)c1ccccc1Br. The Morgan fingerprint density at radius 1 is 0.853 bits per heavy atom. The van der Waals surface area contributed by atoms with Gasteiger partial charge in [0.2, 0.25) is 0 Å². The lowest BCUT2D eigenvalue weighted by molar-refractivity contribution is -0.161. The molecule has 2 aromatic rings. The van der Waals surface area contributed by atoms with Crippen molar-refractivity contribution in [2.45, 2.75) is 33.3 Å². The van der Waals surface area contributed by atoms with Gasteiger partial charge in [-0.25, -0.2) is 4.79 Å². The van der Waals surface area contributed by atoms with Crippen molar-refractivity contribution >= 4 is 34.0 Å². The van der Waals surface area contributed by atoms with Gasteiger partial charge in [-0.15, -0.1) is 0 Å². The fraction of sp³-hybridized carbons (Fsp3) is 0.346. The minimum Gasteiger partial charge on any atom is -0.465 e. The first-order chi connectivity index (χ1) is 16.4. The molecule has 0 bridgehead atoms. The summed E-state index contributed by atoms with van der Waals surface area (Å²) in [5.41, 5.74) is 1.88. The van der Waals surface area contributed by atoms with Gasteiger partial charge in [0.15, 0.2) is 12.0 Å². The van der Waals surface area contributed by atoms with E-state index < -0.39 is 30.1 Å². The monoisotopic (exact) mass is 530 g/mol. The summed E-state index contributed by atoms with van der Waals surface area (Å²) in [4.78, 5) is 36.8. The number of hydrogen-bond acceptors (Lipinski definition) is 7.